The molecule has 3 aromatic rings. The minimum Gasteiger partial charge on any atom is -0.493 e. The molecule has 1 aliphatic heterocycles. The number of carbonyl (C=O) groups excluding carboxylic acids is 2. The van der Waals surface area contributed by atoms with Crippen molar-refractivity contribution in [3.05, 3.63) is 71.8 Å². The predicted octanol–water partition coefficient (Wildman–Crippen LogP) is 4.19. The summed E-state index contributed by atoms with van der Waals surface area (Å²) in [6.45, 7) is 0.539. The van der Waals surface area contributed by atoms with Crippen LogP contribution in [0.3, 0.4) is 0 Å². The van der Waals surface area contributed by atoms with Crippen LogP contribution in [0.1, 0.15) is 36.8 Å². The van der Waals surface area contributed by atoms with Crippen molar-refractivity contribution >= 4 is 22.6 Å². The Balaban J connectivity index is 1.35. The van der Waals surface area contributed by atoms with Gasteiger partial charge >= 0.3 is 0 Å². The number of hydrogen-bond acceptors (Lipinski definition) is 4. The minimum absolute atomic E-state index is 0.001000. The molecule has 1 saturated heterocycles. The van der Waals surface area contributed by atoms with Crippen LogP contribution in [0.5, 0.6) is 11.5 Å². The second kappa shape index (κ2) is 10.6. The van der Waals surface area contributed by atoms with Crippen LogP contribution in [0.2, 0.25) is 0 Å². The molecular formula is C28H32N2O4. The van der Waals surface area contributed by atoms with Crippen LogP contribution in [0.15, 0.2) is 60.7 Å². The smallest absolute Gasteiger partial charge is 0.220 e. The first-order valence-electron chi connectivity index (χ1n) is 11.8. The van der Waals surface area contributed by atoms with Crippen LogP contribution >= 0.6 is 0 Å². The minimum atomic E-state index is -0.387. The monoisotopic (exact) mass is 460 g/mol. The van der Waals surface area contributed by atoms with Crippen molar-refractivity contribution in [1.29, 1.82) is 0 Å². The Hall–Kier alpha value is -3.54. The van der Waals surface area contributed by atoms with E-state index in [1.807, 2.05) is 30.3 Å². The summed E-state index contributed by atoms with van der Waals surface area (Å²) in [6.07, 6.45) is 3.66. The lowest BCUT2D eigenvalue weighted by Crippen LogP contribution is -2.44. The standard InChI is InChI=1S/C28H32N2O4/c1-33-24-11-10-20(18-25(24)34-2)14-17-29-26(31)12-15-28(16-13-27(32)30-28)19-22-8-5-7-21-6-3-4-9-23(21)22/h3-11,18H,12-17,19H2,1-2H3,(H,29,31)(H,30,32). The van der Waals surface area contributed by atoms with Crippen molar-refractivity contribution in [1.82, 2.24) is 10.6 Å². The lowest BCUT2D eigenvalue weighted by Gasteiger charge is -2.30. The molecule has 4 rings (SSSR count). The Morgan fingerprint density at radius 1 is 1.03 bits per heavy atom. The maximum Gasteiger partial charge on any atom is 0.220 e. The van der Waals surface area contributed by atoms with Crippen molar-refractivity contribution in [3.63, 3.8) is 0 Å². The molecule has 0 bridgehead atoms. The summed E-state index contributed by atoms with van der Waals surface area (Å²) in [5.74, 6) is 1.43. The van der Waals surface area contributed by atoms with Gasteiger partial charge in [-0.2, -0.15) is 0 Å². The summed E-state index contributed by atoms with van der Waals surface area (Å²) in [4.78, 5) is 24.8. The van der Waals surface area contributed by atoms with Crippen molar-refractivity contribution in [2.24, 2.45) is 0 Å². The summed E-state index contributed by atoms with van der Waals surface area (Å²) in [5.41, 5.74) is 1.88. The van der Waals surface area contributed by atoms with Gasteiger partial charge in [-0.3, -0.25) is 9.59 Å². The van der Waals surface area contributed by atoms with Gasteiger partial charge in [-0.05, 0) is 59.7 Å². The van der Waals surface area contributed by atoms with Gasteiger partial charge in [-0.15, -0.1) is 0 Å². The number of hydrogen-bond donors (Lipinski definition) is 2. The van der Waals surface area contributed by atoms with E-state index in [4.69, 9.17) is 9.47 Å². The van der Waals surface area contributed by atoms with E-state index in [9.17, 15) is 9.59 Å². The lowest BCUT2D eigenvalue weighted by atomic mass is 9.83. The van der Waals surface area contributed by atoms with Gasteiger partial charge in [-0.1, -0.05) is 48.5 Å². The number of benzene rings is 3. The Kier molecular flexibility index (Phi) is 7.36. The fraction of sp³-hybridized carbons (Fsp3) is 0.357. The van der Waals surface area contributed by atoms with E-state index < -0.39 is 0 Å². The number of rotatable bonds is 10. The van der Waals surface area contributed by atoms with Gasteiger partial charge in [0.15, 0.2) is 11.5 Å². The molecule has 6 heteroatoms. The first kappa shape index (κ1) is 23.6. The molecule has 0 spiro atoms. The van der Waals surface area contributed by atoms with E-state index in [-0.39, 0.29) is 17.4 Å². The molecule has 1 aliphatic rings. The summed E-state index contributed by atoms with van der Waals surface area (Å²) in [7, 11) is 3.22. The summed E-state index contributed by atoms with van der Waals surface area (Å²) >= 11 is 0. The number of methoxy groups -OCH3 is 2. The quantitative estimate of drug-likeness (QED) is 0.476. The van der Waals surface area contributed by atoms with Crippen LogP contribution in [-0.2, 0) is 22.4 Å². The number of carbonyl (C=O) groups is 2. The zero-order valence-electron chi connectivity index (χ0n) is 19.9. The lowest BCUT2D eigenvalue weighted by molar-refractivity contribution is -0.122. The number of amides is 2. The first-order valence-corrected chi connectivity index (χ1v) is 11.8. The first-order chi connectivity index (χ1) is 16.5. The maximum atomic E-state index is 12.6. The molecule has 178 valence electrons. The zero-order chi connectivity index (χ0) is 24.0. The maximum absolute atomic E-state index is 12.6. The molecule has 1 unspecified atom stereocenters. The van der Waals surface area contributed by atoms with Gasteiger partial charge in [0.05, 0.1) is 14.2 Å². The van der Waals surface area contributed by atoms with E-state index in [2.05, 4.69) is 41.0 Å². The van der Waals surface area contributed by atoms with E-state index in [1.54, 1.807) is 14.2 Å². The molecule has 0 saturated carbocycles. The van der Waals surface area contributed by atoms with Gasteiger partial charge in [-0.25, -0.2) is 0 Å². The molecule has 2 amide bonds. The topological polar surface area (TPSA) is 76.7 Å². The van der Waals surface area contributed by atoms with Crippen LogP contribution in [0.25, 0.3) is 10.8 Å². The zero-order valence-corrected chi connectivity index (χ0v) is 19.9. The molecule has 0 aliphatic carbocycles. The molecule has 1 atom stereocenters. The largest absolute Gasteiger partial charge is 0.493 e. The fourth-order valence-electron chi connectivity index (χ4n) is 4.82. The molecule has 34 heavy (non-hydrogen) atoms. The Bertz CT molecular complexity index is 1170. The van der Waals surface area contributed by atoms with Crippen molar-refractivity contribution in [2.45, 2.75) is 44.1 Å². The number of fused-ring (bicyclic) bond motifs is 1. The van der Waals surface area contributed by atoms with Crippen molar-refractivity contribution < 1.29 is 19.1 Å². The van der Waals surface area contributed by atoms with Gasteiger partial charge in [0.1, 0.15) is 0 Å². The normalized spacial score (nSPS) is 17.4. The van der Waals surface area contributed by atoms with Gasteiger partial charge in [0, 0.05) is 24.9 Å². The highest BCUT2D eigenvalue weighted by molar-refractivity contribution is 5.86. The van der Waals surface area contributed by atoms with Crippen LogP contribution in [0.4, 0.5) is 0 Å². The highest BCUT2D eigenvalue weighted by atomic mass is 16.5. The van der Waals surface area contributed by atoms with Crippen molar-refractivity contribution in [2.75, 3.05) is 20.8 Å². The average Bonchev–Trinajstić information content (AvgIpc) is 3.23. The fourth-order valence-corrected chi connectivity index (χ4v) is 4.82. The van der Waals surface area contributed by atoms with Gasteiger partial charge in [0.25, 0.3) is 0 Å². The predicted molar refractivity (Wildman–Crippen MR) is 133 cm³/mol. The molecule has 1 heterocycles. The summed E-state index contributed by atoms with van der Waals surface area (Å²) < 4.78 is 10.6. The van der Waals surface area contributed by atoms with E-state index in [0.29, 0.717) is 43.7 Å². The van der Waals surface area contributed by atoms with Gasteiger partial charge < -0.3 is 20.1 Å². The average molecular weight is 461 g/mol. The third-order valence-corrected chi connectivity index (χ3v) is 6.66. The highest BCUT2D eigenvalue weighted by Gasteiger charge is 2.38. The third kappa shape index (κ3) is 5.50. The Labute approximate surface area is 200 Å². The second-order valence-corrected chi connectivity index (χ2v) is 8.93. The molecule has 0 radical (unpaired) electrons. The number of ether oxygens (including phenoxy) is 2. The molecule has 3 aromatic carbocycles. The third-order valence-electron chi connectivity index (χ3n) is 6.66. The summed E-state index contributed by atoms with van der Waals surface area (Å²) in [6, 6.07) is 20.4. The van der Waals surface area contributed by atoms with Gasteiger partial charge in [0.2, 0.25) is 11.8 Å². The Morgan fingerprint density at radius 3 is 2.59 bits per heavy atom. The Morgan fingerprint density at radius 2 is 1.82 bits per heavy atom. The van der Waals surface area contributed by atoms with Crippen molar-refractivity contribution in [3.8, 4) is 11.5 Å². The van der Waals surface area contributed by atoms with E-state index in [1.165, 1.54) is 16.3 Å². The highest BCUT2D eigenvalue weighted by Crippen LogP contribution is 2.32. The molecule has 0 aromatic heterocycles. The van der Waals surface area contributed by atoms with E-state index >= 15 is 0 Å². The summed E-state index contributed by atoms with van der Waals surface area (Å²) in [5, 5.41) is 8.60. The van der Waals surface area contributed by atoms with E-state index in [0.717, 1.165) is 18.4 Å². The van der Waals surface area contributed by atoms with Crippen LogP contribution in [-0.4, -0.2) is 38.1 Å². The second-order valence-electron chi connectivity index (χ2n) is 8.93. The number of nitrogens with one attached hydrogen (secondary N) is 2. The molecule has 6 nitrogen and oxygen atoms in total. The molecular weight excluding hydrogens is 428 g/mol. The molecule has 1 fully saturated rings. The van der Waals surface area contributed by atoms with Crippen LogP contribution < -0.4 is 20.1 Å². The molecule has 2 N–H and O–H groups in total. The van der Waals surface area contributed by atoms with Crippen LogP contribution in [0, 0.1) is 0 Å². The SMILES string of the molecule is COc1ccc(CCNC(=O)CCC2(Cc3cccc4ccccc34)CCC(=O)N2)cc1OC.